The highest BCUT2D eigenvalue weighted by atomic mass is 16.3. The molecule has 1 aromatic rings. The number of hydrogen-bond donors (Lipinski definition) is 2. The Morgan fingerprint density at radius 3 is 1.76 bits per heavy atom. The van der Waals surface area contributed by atoms with E-state index in [2.05, 4.69) is 12.2 Å². The normalized spacial score (nSPS) is 45.8. The molecule has 4 unspecified atom stereocenters. The third-order valence-corrected chi connectivity index (χ3v) is 4.95. The van der Waals surface area contributed by atoms with Crippen LogP contribution in [0.15, 0.2) is 36.4 Å². The third kappa shape index (κ3) is 1.12. The molecule has 3 aliphatic carbocycles. The van der Waals surface area contributed by atoms with E-state index in [0.717, 1.165) is 17.5 Å². The Bertz CT molecular complexity index is 450. The van der Waals surface area contributed by atoms with E-state index < -0.39 is 12.2 Å². The first-order valence-electron chi connectivity index (χ1n) is 6.40. The molecule has 6 atom stereocenters. The number of aliphatic hydroxyl groups excluding tert-OH is 2. The van der Waals surface area contributed by atoms with Crippen LogP contribution in [0, 0.1) is 23.7 Å². The van der Waals surface area contributed by atoms with Crippen LogP contribution in [-0.2, 0) is 0 Å². The molecule has 88 valence electrons. The Morgan fingerprint density at radius 1 is 0.824 bits per heavy atom. The van der Waals surface area contributed by atoms with E-state index in [1.54, 1.807) is 0 Å². The molecule has 3 aliphatic rings. The molecular weight excluding hydrogens is 212 g/mol. The van der Waals surface area contributed by atoms with Crippen molar-refractivity contribution >= 4 is 0 Å². The second-order valence-electron chi connectivity index (χ2n) is 5.62. The van der Waals surface area contributed by atoms with Crippen LogP contribution in [0.2, 0.25) is 0 Å². The summed E-state index contributed by atoms with van der Waals surface area (Å²) in [6.07, 6.45) is 4.77. The van der Waals surface area contributed by atoms with Gasteiger partial charge in [-0.3, -0.25) is 0 Å². The smallest absolute Gasteiger partial charge is 0.0831 e. The molecule has 2 heteroatoms. The molecule has 1 aromatic carbocycles. The van der Waals surface area contributed by atoms with Crippen LogP contribution in [0.5, 0.6) is 0 Å². The molecule has 0 saturated heterocycles. The molecule has 17 heavy (non-hydrogen) atoms. The van der Waals surface area contributed by atoms with Crippen molar-refractivity contribution in [1.29, 1.82) is 0 Å². The zero-order valence-corrected chi connectivity index (χ0v) is 9.53. The lowest BCUT2D eigenvalue weighted by molar-refractivity contribution is -0.0209. The minimum atomic E-state index is -0.403. The maximum absolute atomic E-state index is 10.5. The lowest BCUT2D eigenvalue weighted by atomic mass is 9.68. The Labute approximate surface area is 101 Å². The highest BCUT2D eigenvalue weighted by Crippen LogP contribution is 2.59. The van der Waals surface area contributed by atoms with Gasteiger partial charge >= 0.3 is 0 Å². The molecule has 0 heterocycles. The quantitative estimate of drug-likeness (QED) is 0.668. The zero-order valence-electron chi connectivity index (χ0n) is 9.53. The highest BCUT2D eigenvalue weighted by molar-refractivity contribution is 5.37. The summed E-state index contributed by atoms with van der Waals surface area (Å²) in [4.78, 5) is 0. The van der Waals surface area contributed by atoms with Crippen molar-refractivity contribution in [3.05, 3.63) is 47.5 Å². The van der Waals surface area contributed by atoms with E-state index in [1.165, 1.54) is 0 Å². The predicted molar refractivity (Wildman–Crippen MR) is 64.1 cm³/mol. The summed E-state index contributed by atoms with van der Waals surface area (Å²) < 4.78 is 0. The van der Waals surface area contributed by atoms with Crippen LogP contribution < -0.4 is 0 Å². The maximum Gasteiger partial charge on any atom is 0.0831 e. The van der Waals surface area contributed by atoms with Gasteiger partial charge in [0.2, 0.25) is 0 Å². The van der Waals surface area contributed by atoms with Gasteiger partial charge in [-0.2, -0.15) is 0 Å². The van der Waals surface area contributed by atoms with Crippen LogP contribution in [0.25, 0.3) is 0 Å². The van der Waals surface area contributed by atoms with Gasteiger partial charge < -0.3 is 10.2 Å². The van der Waals surface area contributed by atoms with Crippen molar-refractivity contribution in [2.24, 2.45) is 23.7 Å². The second-order valence-corrected chi connectivity index (χ2v) is 5.62. The minimum absolute atomic E-state index is 0.217. The van der Waals surface area contributed by atoms with E-state index in [1.807, 2.05) is 24.3 Å². The summed E-state index contributed by atoms with van der Waals surface area (Å²) in [7, 11) is 0. The summed E-state index contributed by atoms with van der Waals surface area (Å²) in [5.41, 5.74) is 1.87. The number of allylic oxidation sites excluding steroid dienone is 2. The first kappa shape index (κ1) is 9.86. The van der Waals surface area contributed by atoms with Gasteiger partial charge in [0.05, 0.1) is 12.2 Å². The Morgan fingerprint density at radius 2 is 1.29 bits per heavy atom. The van der Waals surface area contributed by atoms with Crippen LogP contribution in [0.4, 0.5) is 0 Å². The van der Waals surface area contributed by atoms with Gasteiger partial charge in [-0.15, -0.1) is 0 Å². The monoisotopic (exact) mass is 228 g/mol. The van der Waals surface area contributed by atoms with Crippen molar-refractivity contribution in [3.8, 4) is 0 Å². The summed E-state index contributed by atoms with van der Waals surface area (Å²) in [5, 5.41) is 21.1. The van der Waals surface area contributed by atoms with Crippen LogP contribution >= 0.6 is 0 Å². The average molecular weight is 228 g/mol. The lowest BCUT2D eigenvalue weighted by Gasteiger charge is -2.41. The molecule has 1 fully saturated rings. The summed E-state index contributed by atoms with van der Waals surface area (Å²) in [6, 6.07) is 7.79. The number of rotatable bonds is 0. The van der Waals surface area contributed by atoms with Crippen LogP contribution in [0.1, 0.15) is 29.8 Å². The first-order valence-corrected chi connectivity index (χ1v) is 6.40. The molecule has 2 bridgehead atoms. The summed E-state index contributed by atoms with van der Waals surface area (Å²) in [6.45, 7) is 0. The van der Waals surface area contributed by atoms with E-state index in [0.29, 0.717) is 11.8 Å². The van der Waals surface area contributed by atoms with Crippen molar-refractivity contribution in [2.45, 2.75) is 18.6 Å². The van der Waals surface area contributed by atoms with Gasteiger partial charge in [0.15, 0.2) is 0 Å². The summed E-state index contributed by atoms with van der Waals surface area (Å²) in [5.74, 6) is 1.36. The molecule has 0 aliphatic heterocycles. The summed E-state index contributed by atoms with van der Waals surface area (Å²) >= 11 is 0. The number of hydrogen-bond acceptors (Lipinski definition) is 2. The third-order valence-electron chi connectivity index (χ3n) is 4.95. The predicted octanol–water partition coefficient (Wildman–Crippen LogP) is 2.21. The van der Waals surface area contributed by atoms with Crippen molar-refractivity contribution in [3.63, 3.8) is 0 Å². The topological polar surface area (TPSA) is 40.5 Å². The second kappa shape index (κ2) is 3.21. The van der Waals surface area contributed by atoms with Gasteiger partial charge in [0.25, 0.3) is 0 Å². The molecule has 0 aromatic heterocycles. The Hall–Kier alpha value is -1.12. The standard InChI is InChI=1S/C15H16O2/c16-14-10-3-1-2-4-11(10)15(17)13-9-6-5-8(7-9)12(13)14/h1-6,8-9,12-17H,7H2/t8-,9+,12?,13?,14?,15?. The van der Waals surface area contributed by atoms with Gasteiger partial charge in [-0.1, -0.05) is 36.4 Å². The average Bonchev–Trinajstić information content (AvgIpc) is 2.96. The minimum Gasteiger partial charge on any atom is -0.388 e. The van der Waals surface area contributed by atoms with Crippen LogP contribution in [-0.4, -0.2) is 10.2 Å². The highest BCUT2D eigenvalue weighted by Gasteiger charge is 2.54. The number of fused-ring (bicyclic) bond motifs is 6. The van der Waals surface area contributed by atoms with Gasteiger partial charge in [0.1, 0.15) is 0 Å². The molecule has 4 rings (SSSR count). The van der Waals surface area contributed by atoms with E-state index >= 15 is 0 Å². The molecule has 0 spiro atoms. The fourth-order valence-electron chi connectivity index (χ4n) is 4.25. The molecule has 2 N–H and O–H groups in total. The fourth-order valence-corrected chi connectivity index (χ4v) is 4.25. The number of benzene rings is 1. The van der Waals surface area contributed by atoms with E-state index in [9.17, 15) is 10.2 Å². The Kier molecular flexibility index (Phi) is 1.86. The maximum atomic E-state index is 10.5. The van der Waals surface area contributed by atoms with E-state index in [4.69, 9.17) is 0 Å². The largest absolute Gasteiger partial charge is 0.388 e. The van der Waals surface area contributed by atoms with Crippen molar-refractivity contribution in [2.75, 3.05) is 0 Å². The lowest BCUT2D eigenvalue weighted by Crippen LogP contribution is -2.35. The van der Waals surface area contributed by atoms with E-state index in [-0.39, 0.29) is 11.8 Å². The van der Waals surface area contributed by atoms with Gasteiger partial charge in [-0.25, -0.2) is 0 Å². The molecule has 0 amide bonds. The van der Waals surface area contributed by atoms with Crippen molar-refractivity contribution in [1.82, 2.24) is 0 Å². The molecular formula is C15H16O2. The molecule has 1 saturated carbocycles. The van der Waals surface area contributed by atoms with Crippen LogP contribution in [0.3, 0.4) is 0 Å². The fraction of sp³-hybridized carbons (Fsp3) is 0.467. The Balaban J connectivity index is 1.88. The zero-order chi connectivity index (χ0) is 11.6. The molecule has 0 radical (unpaired) electrons. The first-order chi connectivity index (χ1) is 8.27. The van der Waals surface area contributed by atoms with Crippen molar-refractivity contribution < 1.29 is 10.2 Å². The van der Waals surface area contributed by atoms with Gasteiger partial charge in [-0.05, 0) is 29.4 Å². The molecule has 2 nitrogen and oxygen atoms in total. The SMILES string of the molecule is OC1c2ccccc2C(O)C2C1[C@@H]1C=C[C@H]2C1. The van der Waals surface area contributed by atoms with Gasteiger partial charge in [0, 0.05) is 11.8 Å². The number of aliphatic hydroxyl groups is 2.